The Morgan fingerprint density at radius 3 is 2.54 bits per heavy atom. The third kappa shape index (κ3) is 4.68. The van der Waals surface area contributed by atoms with Crippen molar-refractivity contribution in [2.24, 2.45) is 0 Å². The van der Waals surface area contributed by atoms with Gasteiger partial charge in [-0.2, -0.15) is 0 Å². The molecule has 0 spiro atoms. The van der Waals surface area contributed by atoms with Gasteiger partial charge in [0.15, 0.2) is 6.61 Å². The molecule has 2 aromatic carbocycles. The first-order chi connectivity index (χ1) is 13.6. The van der Waals surface area contributed by atoms with Gasteiger partial charge >= 0.3 is 5.97 Å². The van der Waals surface area contributed by atoms with Crippen LogP contribution in [0.3, 0.4) is 0 Å². The van der Waals surface area contributed by atoms with Crippen LogP contribution in [-0.2, 0) is 16.1 Å². The highest BCUT2D eigenvalue weighted by atomic mass is 16.6. The number of ether oxygens (including phenoxy) is 3. The molecule has 0 amide bonds. The zero-order valence-corrected chi connectivity index (χ0v) is 15.9. The second kappa shape index (κ2) is 9.03. The first-order valence-electron chi connectivity index (χ1n) is 8.97. The zero-order valence-electron chi connectivity index (χ0n) is 15.9. The molecule has 1 aromatic heterocycles. The third-order valence-electron chi connectivity index (χ3n) is 4.26. The summed E-state index contributed by atoms with van der Waals surface area (Å²) >= 11 is 0. The lowest BCUT2D eigenvalue weighted by molar-refractivity contribution is -0.146. The summed E-state index contributed by atoms with van der Waals surface area (Å²) in [6, 6.07) is 14.2. The lowest BCUT2D eigenvalue weighted by atomic mass is 10.2. The van der Waals surface area contributed by atoms with Crippen molar-refractivity contribution in [1.29, 1.82) is 0 Å². The van der Waals surface area contributed by atoms with E-state index in [9.17, 15) is 9.59 Å². The lowest BCUT2D eigenvalue weighted by Crippen LogP contribution is -2.25. The first-order valence-corrected chi connectivity index (χ1v) is 8.97. The predicted octanol–water partition coefficient (Wildman–Crippen LogP) is 2.73. The van der Waals surface area contributed by atoms with Crippen molar-refractivity contribution < 1.29 is 19.0 Å². The van der Waals surface area contributed by atoms with Crippen LogP contribution in [0, 0.1) is 6.92 Å². The summed E-state index contributed by atoms with van der Waals surface area (Å²) in [5, 5.41) is 0.581. The molecule has 3 aromatic rings. The Morgan fingerprint density at radius 1 is 1.07 bits per heavy atom. The van der Waals surface area contributed by atoms with Crippen molar-refractivity contribution in [3.63, 3.8) is 0 Å². The van der Waals surface area contributed by atoms with Gasteiger partial charge in [0.25, 0.3) is 5.56 Å². The minimum Gasteiger partial charge on any atom is -0.497 e. The second-order valence-electron chi connectivity index (χ2n) is 6.17. The number of carbonyl (C=O) groups excluding carboxylic acids is 1. The molecule has 0 N–H and O–H groups in total. The fraction of sp³-hybridized carbons (Fsp3) is 0.286. The van der Waals surface area contributed by atoms with Crippen LogP contribution < -0.4 is 15.0 Å². The van der Waals surface area contributed by atoms with Crippen LogP contribution >= 0.6 is 0 Å². The van der Waals surface area contributed by atoms with Gasteiger partial charge in [-0.15, -0.1) is 0 Å². The summed E-state index contributed by atoms with van der Waals surface area (Å²) in [7, 11) is 1.58. The van der Waals surface area contributed by atoms with E-state index in [0.717, 1.165) is 0 Å². The number of aryl methyl sites for hydroxylation is 1. The van der Waals surface area contributed by atoms with Crippen molar-refractivity contribution in [3.05, 3.63) is 64.7 Å². The van der Waals surface area contributed by atoms with Crippen molar-refractivity contribution in [2.75, 3.05) is 20.3 Å². The SMILES string of the molecule is COc1ccc(OCC(=O)OCCCn2c(C)nc3ccccc3c2=O)cc1. The van der Waals surface area contributed by atoms with Gasteiger partial charge in [-0.1, -0.05) is 12.1 Å². The van der Waals surface area contributed by atoms with E-state index < -0.39 is 5.97 Å². The summed E-state index contributed by atoms with van der Waals surface area (Å²) in [5.41, 5.74) is 0.598. The Kier molecular flexibility index (Phi) is 6.26. The smallest absolute Gasteiger partial charge is 0.344 e. The maximum absolute atomic E-state index is 12.6. The molecule has 7 heteroatoms. The minimum atomic E-state index is -0.462. The topological polar surface area (TPSA) is 79.7 Å². The van der Waals surface area contributed by atoms with E-state index in [-0.39, 0.29) is 18.8 Å². The third-order valence-corrected chi connectivity index (χ3v) is 4.26. The Balaban J connectivity index is 1.47. The van der Waals surface area contributed by atoms with Gasteiger partial charge in [-0.25, -0.2) is 9.78 Å². The molecule has 28 heavy (non-hydrogen) atoms. The number of para-hydroxylation sites is 1. The van der Waals surface area contributed by atoms with E-state index in [2.05, 4.69) is 4.98 Å². The number of esters is 1. The van der Waals surface area contributed by atoms with Crippen LogP contribution in [0.2, 0.25) is 0 Å². The molecule has 0 radical (unpaired) electrons. The van der Waals surface area contributed by atoms with E-state index in [1.54, 1.807) is 48.9 Å². The molecular formula is C21H22N2O5. The first kappa shape index (κ1) is 19.4. The quantitative estimate of drug-likeness (QED) is 0.440. The van der Waals surface area contributed by atoms with Gasteiger partial charge in [-0.05, 0) is 49.7 Å². The zero-order chi connectivity index (χ0) is 19.9. The number of aromatic nitrogens is 2. The molecule has 0 unspecified atom stereocenters. The number of fused-ring (bicyclic) bond motifs is 1. The van der Waals surface area contributed by atoms with Gasteiger partial charge in [0.2, 0.25) is 0 Å². The van der Waals surface area contributed by atoms with Gasteiger partial charge in [0, 0.05) is 6.54 Å². The molecule has 0 fully saturated rings. The van der Waals surface area contributed by atoms with Gasteiger partial charge in [0.1, 0.15) is 17.3 Å². The van der Waals surface area contributed by atoms with E-state index in [1.165, 1.54) is 0 Å². The van der Waals surface area contributed by atoms with Crippen LogP contribution in [-0.4, -0.2) is 35.8 Å². The Morgan fingerprint density at radius 2 is 1.79 bits per heavy atom. The molecule has 146 valence electrons. The largest absolute Gasteiger partial charge is 0.497 e. The molecule has 0 bridgehead atoms. The maximum atomic E-state index is 12.6. The molecule has 0 saturated heterocycles. The average Bonchev–Trinajstić information content (AvgIpc) is 2.72. The Labute approximate surface area is 162 Å². The molecule has 0 aliphatic rings. The van der Waals surface area contributed by atoms with Crippen LogP contribution in [0.25, 0.3) is 10.9 Å². The number of nitrogens with zero attached hydrogens (tertiary/aromatic N) is 2. The predicted molar refractivity (Wildman–Crippen MR) is 105 cm³/mol. The molecule has 3 rings (SSSR count). The van der Waals surface area contributed by atoms with E-state index in [4.69, 9.17) is 14.2 Å². The summed E-state index contributed by atoms with van der Waals surface area (Å²) in [5.74, 6) is 1.44. The van der Waals surface area contributed by atoms with E-state index >= 15 is 0 Å². The van der Waals surface area contributed by atoms with E-state index in [1.807, 2.05) is 18.2 Å². The fourth-order valence-corrected chi connectivity index (χ4v) is 2.81. The summed E-state index contributed by atoms with van der Waals surface area (Å²) in [6.07, 6.45) is 0.509. The van der Waals surface area contributed by atoms with Gasteiger partial charge < -0.3 is 14.2 Å². The normalized spacial score (nSPS) is 10.6. The highest BCUT2D eigenvalue weighted by Crippen LogP contribution is 2.16. The molecule has 0 aliphatic carbocycles. The number of methoxy groups -OCH3 is 1. The van der Waals surface area contributed by atoms with E-state index in [0.29, 0.717) is 41.2 Å². The second-order valence-corrected chi connectivity index (χ2v) is 6.17. The number of hydrogen-bond acceptors (Lipinski definition) is 6. The van der Waals surface area contributed by atoms with Crippen LogP contribution in [0.15, 0.2) is 53.3 Å². The Hall–Kier alpha value is -3.35. The highest BCUT2D eigenvalue weighted by molar-refractivity contribution is 5.77. The lowest BCUT2D eigenvalue weighted by Gasteiger charge is -2.11. The summed E-state index contributed by atoms with van der Waals surface area (Å²) in [6.45, 7) is 2.24. The molecular weight excluding hydrogens is 360 g/mol. The van der Waals surface area contributed by atoms with Gasteiger partial charge in [-0.3, -0.25) is 9.36 Å². The molecule has 0 atom stereocenters. The van der Waals surface area contributed by atoms with Crippen molar-refractivity contribution in [2.45, 2.75) is 19.9 Å². The number of benzene rings is 2. The summed E-state index contributed by atoms with van der Waals surface area (Å²) in [4.78, 5) is 28.8. The number of carbonyl (C=O) groups is 1. The molecule has 1 heterocycles. The highest BCUT2D eigenvalue weighted by Gasteiger charge is 2.09. The Bertz CT molecular complexity index is 1010. The standard InChI is InChI=1S/C21H22N2O5/c1-15-22-19-7-4-3-6-18(19)21(25)23(15)12-5-13-27-20(24)14-28-17-10-8-16(26-2)9-11-17/h3-4,6-11H,5,12-14H2,1-2H3. The van der Waals surface area contributed by atoms with Crippen molar-refractivity contribution >= 4 is 16.9 Å². The minimum absolute atomic E-state index is 0.0859. The molecule has 0 saturated carbocycles. The summed E-state index contributed by atoms with van der Waals surface area (Å²) < 4.78 is 17.2. The molecule has 0 aliphatic heterocycles. The average molecular weight is 382 g/mol. The van der Waals surface area contributed by atoms with Crippen LogP contribution in [0.4, 0.5) is 0 Å². The van der Waals surface area contributed by atoms with Crippen LogP contribution in [0.5, 0.6) is 11.5 Å². The number of hydrogen-bond donors (Lipinski definition) is 0. The van der Waals surface area contributed by atoms with Gasteiger partial charge in [0.05, 0.1) is 24.6 Å². The van der Waals surface area contributed by atoms with Crippen molar-refractivity contribution in [3.8, 4) is 11.5 Å². The maximum Gasteiger partial charge on any atom is 0.344 e. The molecule has 7 nitrogen and oxygen atoms in total. The van der Waals surface area contributed by atoms with Crippen LogP contribution in [0.1, 0.15) is 12.2 Å². The fourth-order valence-electron chi connectivity index (χ4n) is 2.81. The number of rotatable bonds is 8. The monoisotopic (exact) mass is 382 g/mol. The van der Waals surface area contributed by atoms with Crippen molar-refractivity contribution in [1.82, 2.24) is 9.55 Å².